The first kappa shape index (κ1) is 14.0. The number of nitrogens with zero attached hydrogens (tertiary/aromatic N) is 3. The van der Waals surface area contributed by atoms with Gasteiger partial charge in [0.05, 0.1) is 5.69 Å². The lowest BCUT2D eigenvalue weighted by molar-refractivity contribution is 0.786. The molecule has 0 aliphatic carbocycles. The van der Waals surface area contributed by atoms with Gasteiger partial charge < -0.3 is 5.32 Å². The van der Waals surface area contributed by atoms with E-state index in [0.29, 0.717) is 0 Å². The minimum Gasteiger partial charge on any atom is -0.316 e. The normalized spacial score (nSPS) is 10.9. The molecule has 1 aromatic carbocycles. The van der Waals surface area contributed by atoms with E-state index in [1.54, 1.807) is 0 Å². The third-order valence-corrected chi connectivity index (χ3v) is 3.35. The summed E-state index contributed by atoms with van der Waals surface area (Å²) in [7, 11) is 1.91. The van der Waals surface area contributed by atoms with Crippen LogP contribution in [0.2, 0.25) is 5.02 Å². The molecule has 0 amide bonds. The largest absolute Gasteiger partial charge is 0.316 e. The molecule has 19 heavy (non-hydrogen) atoms. The molecule has 0 saturated heterocycles. The molecule has 0 aliphatic heterocycles. The Balaban J connectivity index is 2.41. The fraction of sp³-hybridized carbons (Fsp3) is 0.429. The van der Waals surface area contributed by atoms with Crippen LogP contribution in [-0.4, -0.2) is 21.8 Å². The van der Waals surface area contributed by atoms with Gasteiger partial charge in [-0.15, -0.1) is 0 Å². The van der Waals surface area contributed by atoms with Crippen molar-refractivity contribution in [3.8, 4) is 5.69 Å². The SMILES string of the molecule is CCc1nc(CC)n(-c2ccc(CNC)c(Cl)c2)n1. The van der Waals surface area contributed by atoms with Gasteiger partial charge in [0.1, 0.15) is 5.82 Å². The van der Waals surface area contributed by atoms with Crippen molar-refractivity contribution in [2.24, 2.45) is 0 Å². The Morgan fingerprint density at radius 1 is 1.26 bits per heavy atom. The Morgan fingerprint density at radius 3 is 2.63 bits per heavy atom. The third kappa shape index (κ3) is 2.96. The van der Waals surface area contributed by atoms with Gasteiger partial charge in [-0.25, -0.2) is 9.67 Å². The van der Waals surface area contributed by atoms with E-state index in [9.17, 15) is 0 Å². The van der Waals surface area contributed by atoms with Gasteiger partial charge in [-0.2, -0.15) is 5.10 Å². The van der Waals surface area contributed by atoms with Crippen LogP contribution in [0.3, 0.4) is 0 Å². The van der Waals surface area contributed by atoms with E-state index in [1.165, 1.54) is 0 Å². The highest BCUT2D eigenvalue weighted by Gasteiger charge is 2.10. The zero-order chi connectivity index (χ0) is 13.8. The van der Waals surface area contributed by atoms with E-state index in [1.807, 2.05) is 29.9 Å². The predicted molar refractivity (Wildman–Crippen MR) is 77.9 cm³/mol. The quantitative estimate of drug-likeness (QED) is 0.914. The summed E-state index contributed by atoms with van der Waals surface area (Å²) in [5.41, 5.74) is 2.05. The number of hydrogen-bond acceptors (Lipinski definition) is 3. The highest BCUT2D eigenvalue weighted by molar-refractivity contribution is 6.31. The van der Waals surface area contributed by atoms with Crippen molar-refractivity contribution < 1.29 is 0 Å². The van der Waals surface area contributed by atoms with Crippen molar-refractivity contribution in [1.29, 1.82) is 0 Å². The number of halogens is 1. The summed E-state index contributed by atoms with van der Waals surface area (Å²) in [4.78, 5) is 4.51. The molecule has 1 aromatic heterocycles. The maximum Gasteiger partial charge on any atom is 0.151 e. The minimum atomic E-state index is 0.752. The zero-order valence-corrected chi connectivity index (χ0v) is 12.3. The summed E-state index contributed by atoms with van der Waals surface area (Å²) >= 11 is 6.29. The molecular weight excluding hydrogens is 260 g/mol. The Hall–Kier alpha value is -1.39. The molecule has 0 spiro atoms. The summed E-state index contributed by atoms with van der Waals surface area (Å²) in [5.74, 6) is 1.83. The highest BCUT2D eigenvalue weighted by Crippen LogP contribution is 2.21. The average Bonchev–Trinajstić information content (AvgIpc) is 2.84. The van der Waals surface area contributed by atoms with E-state index < -0.39 is 0 Å². The van der Waals surface area contributed by atoms with Crippen LogP contribution >= 0.6 is 11.6 Å². The van der Waals surface area contributed by atoms with Gasteiger partial charge in [-0.05, 0) is 24.7 Å². The molecule has 0 aliphatic rings. The molecule has 4 nitrogen and oxygen atoms in total. The smallest absolute Gasteiger partial charge is 0.151 e. The zero-order valence-electron chi connectivity index (χ0n) is 11.6. The van der Waals surface area contributed by atoms with E-state index in [0.717, 1.165) is 47.3 Å². The molecule has 0 atom stereocenters. The Kier molecular flexibility index (Phi) is 4.56. The fourth-order valence-corrected chi connectivity index (χ4v) is 2.22. The van der Waals surface area contributed by atoms with Crippen LogP contribution in [0, 0.1) is 0 Å². The third-order valence-electron chi connectivity index (χ3n) is 3.00. The summed E-state index contributed by atoms with van der Waals surface area (Å²) < 4.78 is 1.88. The van der Waals surface area contributed by atoms with E-state index in [-0.39, 0.29) is 0 Å². The second kappa shape index (κ2) is 6.17. The number of aryl methyl sites for hydroxylation is 2. The molecular formula is C14H19ClN4. The lowest BCUT2D eigenvalue weighted by Crippen LogP contribution is -2.07. The summed E-state index contributed by atoms with van der Waals surface area (Å²) in [6, 6.07) is 6.01. The van der Waals surface area contributed by atoms with Gasteiger partial charge in [0.2, 0.25) is 0 Å². The van der Waals surface area contributed by atoms with Gasteiger partial charge >= 0.3 is 0 Å². The van der Waals surface area contributed by atoms with Crippen LogP contribution in [0.5, 0.6) is 0 Å². The maximum absolute atomic E-state index is 6.29. The molecule has 0 fully saturated rings. The standard InChI is InChI=1S/C14H19ClN4/c1-4-13-17-14(5-2)19(18-13)11-7-6-10(9-16-3)12(15)8-11/h6-8,16H,4-5,9H2,1-3H3. The van der Waals surface area contributed by atoms with Crippen LogP contribution in [0.4, 0.5) is 0 Å². The van der Waals surface area contributed by atoms with Gasteiger partial charge in [0, 0.05) is 24.4 Å². The first-order valence-corrected chi connectivity index (χ1v) is 6.95. The Morgan fingerprint density at radius 2 is 2.05 bits per heavy atom. The van der Waals surface area contributed by atoms with Gasteiger partial charge in [0.15, 0.2) is 5.82 Å². The van der Waals surface area contributed by atoms with Gasteiger partial charge in [-0.1, -0.05) is 31.5 Å². The number of nitrogens with one attached hydrogen (secondary N) is 1. The molecule has 2 rings (SSSR count). The van der Waals surface area contributed by atoms with E-state index in [2.05, 4.69) is 29.2 Å². The van der Waals surface area contributed by atoms with Gasteiger partial charge in [-0.3, -0.25) is 0 Å². The van der Waals surface area contributed by atoms with Crippen LogP contribution in [-0.2, 0) is 19.4 Å². The molecule has 1 heterocycles. The van der Waals surface area contributed by atoms with Crippen molar-refractivity contribution in [3.05, 3.63) is 40.4 Å². The molecule has 2 aromatic rings. The van der Waals surface area contributed by atoms with E-state index in [4.69, 9.17) is 11.6 Å². The van der Waals surface area contributed by atoms with Crippen LogP contribution in [0.1, 0.15) is 31.1 Å². The van der Waals surface area contributed by atoms with Crippen LogP contribution in [0.25, 0.3) is 5.69 Å². The molecule has 1 N–H and O–H groups in total. The average molecular weight is 279 g/mol. The Bertz CT molecular complexity index is 563. The van der Waals surface area contributed by atoms with Crippen LogP contribution < -0.4 is 5.32 Å². The molecule has 102 valence electrons. The molecule has 0 radical (unpaired) electrons. The van der Waals surface area contributed by atoms with Gasteiger partial charge in [0.25, 0.3) is 0 Å². The molecule has 5 heteroatoms. The number of aromatic nitrogens is 3. The number of hydrogen-bond donors (Lipinski definition) is 1. The second-order valence-corrected chi connectivity index (χ2v) is 4.78. The first-order chi connectivity index (χ1) is 9.19. The lowest BCUT2D eigenvalue weighted by Gasteiger charge is -2.08. The van der Waals surface area contributed by atoms with Crippen molar-refractivity contribution in [1.82, 2.24) is 20.1 Å². The van der Waals surface area contributed by atoms with E-state index >= 15 is 0 Å². The monoisotopic (exact) mass is 278 g/mol. The predicted octanol–water partition coefficient (Wildman–Crippen LogP) is 2.76. The first-order valence-electron chi connectivity index (χ1n) is 6.57. The van der Waals surface area contributed by atoms with Crippen LogP contribution in [0.15, 0.2) is 18.2 Å². The number of rotatable bonds is 5. The number of benzene rings is 1. The highest BCUT2D eigenvalue weighted by atomic mass is 35.5. The second-order valence-electron chi connectivity index (χ2n) is 4.37. The molecule has 0 bridgehead atoms. The minimum absolute atomic E-state index is 0.752. The lowest BCUT2D eigenvalue weighted by atomic mass is 10.2. The van der Waals surface area contributed by atoms with Crippen molar-refractivity contribution >= 4 is 11.6 Å². The van der Waals surface area contributed by atoms with Crippen molar-refractivity contribution in [3.63, 3.8) is 0 Å². The Labute approximate surface area is 118 Å². The summed E-state index contributed by atoms with van der Waals surface area (Å²) in [6.07, 6.45) is 1.69. The topological polar surface area (TPSA) is 42.7 Å². The maximum atomic E-state index is 6.29. The van der Waals surface area contributed by atoms with Crippen molar-refractivity contribution in [2.75, 3.05) is 7.05 Å². The summed E-state index contributed by atoms with van der Waals surface area (Å²) in [6.45, 7) is 4.90. The summed E-state index contributed by atoms with van der Waals surface area (Å²) in [5, 5.41) is 8.37. The van der Waals surface area contributed by atoms with Crippen molar-refractivity contribution in [2.45, 2.75) is 33.2 Å². The molecule has 0 unspecified atom stereocenters. The molecule has 0 saturated carbocycles. The fourth-order valence-electron chi connectivity index (χ4n) is 1.98.